The topological polar surface area (TPSA) is 62.3 Å². The van der Waals surface area contributed by atoms with Crippen molar-refractivity contribution < 1.29 is 8.42 Å². The van der Waals surface area contributed by atoms with Gasteiger partial charge in [-0.05, 0) is 51.2 Å². The van der Waals surface area contributed by atoms with Gasteiger partial charge in [0.1, 0.15) is 0 Å². The van der Waals surface area contributed by atoms with Crippen molar-refractivity contribution in [2.24, 2.45) is 11.8 Å². The number of hydrogen-bond acceptors (Lipinski definition) is 4. The summed E-state index contributed by atoms with van der Waals surface area (Å²) in [5.74, 6) is 0.743. The Morgan fingerprint density at radius 1 is 1.40 bits per heavy atom. The fraction of sp³-hybridized carbons (Fsp3) is 0.667. The monoisotopic (exact) mass is 383 g/mol. The van der Waals surface area contributed by atoms with E-state index in [2.05, 4.69) is 9.71 Å². The SMILES string of the molecule is CC(C)S(=O)(=O)NCC[C@@H]1CCCC[C@H]1C(=S)N(C)c1cccnc1. The van der Waals surface area contributed by atoms with E-state index in [0.717, 1.165) is 29.9 Å². The number of sulfonamides is 1. The molecule has 140 valence electrons. The Kier molecular flexibility index (Phi) is 7.34. The molecule has 5 nitrogen and oxygen atoms in total. The van der Waals surface area contributed by atoms with Crippen LogP contribution in [0, 0.1) is 11.8 Å². The summed E-state index contributed by atoms with van der Waals surface area (Å²) in [6, 6.07) is 3.92. The van der Waals surface area contributed by atoms with Gasteiger partial charge in [0, 0.05) is 25.7 Å². The van der Waals surface area contributed by atoms with Crippen molar-refractivity contribution in [2.45, 2.75) is 51.2 Å². The van der Waals surface area contributed by atoms with Gasteiger partial charge in [0.05, 0.1) is 22.1 Å². The van der Waals surface area contributed by atoms with Crippen LogP contribution in [-0.2, 0) is 10.0 Å². The lowest BCUT2D eigenvalue weighted by molar-refractivity contribution is 0.286. The molecule has 0 spiro atoms. The first-order valence-corrected chi connectivity index (χ1v) is 10.9. The zero-order chi connectivity index (χ0) is 18.4. The van der Waals surface area contributed by atoms with Crippen molar-refractivity contribution in [2.75, 3.05) is 18.5 Å². The third kappa shape index (κ3) is 5.46. The molecule has 1 fully saturated rings. The molecule has 0 bridgehead atoms. The first-order valence-electron chi connectivity index (χ1n) is 8.99. The molecule has 2 rings (SSSR count). The van der Waals surface area contributed by atoms with Gasteiger partial charge in [-0.2, -0.15) is 0 Å². The highest BCUT2D eigenvalue weighted by Crippen LogP contribution is 2.34. The van der Waals surface area contributed by atoms with Gasteiger partial charge in [-0.1, -0.05) is 25.1 Å². The highest BCUT2D eigenvalue weighted by atomic mass is 32.2. The Morgan fingerprint density at radius 2 is 2.12 bits per heavy atom. The summed E-state index contributed by atoms with van der Waals surface area (Å²) in [6.45, 7) is 3.88. The van der Waals surface area contributed by atoms with Crippen molar-refractivity contribution in [3.8, 4) is 0 Å². The average Bonchev–Trinajstić information content (AvgIpc) is 2.61. The van der Waals surface area contributed by atoms with Crippen molar-refractivity contribution in [1.29, 1.82) is 0 Å². The third-order valence-electron chi connectivity index (χ3n) is 5.03. The van der Waals surface area contributed by atoms with E-state index in [1.54, 1.807) is 20.0 Å². The maximum atomic E-state index is 11.9. The predicted molar refractivity (Wildman–Crippen MR) is 107 cm³/mol. The quantitative estimate of drug-likeness (QED) is 0.732. The van der Waals surface area contributed by atoms with Gasteiger partial charge >= 0.3 is 0 Å². The second-order valence-electron chi connectivity index (χ2n) is 7.04. The largest absolute Gasteiger partial charge is 0.338 e. The molecule has 1 saturated carbocycles. The van der Waals surface area contributed by atoms with Crippen molar-refractivity contribution in [3.05, 3.63) is 24.5 Å². The summed E-state index contributed by atoms with van der Waals surface area (Å²) in [6.07, 6.45) is 8.96. The Morgan fingerprint density at radius 3 is 2.76 bits per heavy atom. The van der Waals surface area contributed by atoms with Gasteiger partial charge in [-0.15, -0.1) is 0 Å². The minimum Gasteiger partial charge on any atom is -0.338 e. The molecule has 0 amide bonds. The molecule has 1 aliphatic carbocycles. The Labute approximate surface area is 157 Å². The number of rotatable bonds is 7. The lowest BCUT2D eigenvalue weighted by Gasteiger charge is -2.35. The molecule has 1 heterocycles. The molecule has 0 radical (unpaired) electrons. The molecular formula is C18H29N3O2S2. The van der Waals surface area contributed by atoms with Crippen LogP contribution in [0.3, 0.4) is 0 Å². The molecule has 0 unspecified atom stereocenters. The van der Waals surface area contributed by atoms with Crippen molar-refractivity contribution in [3.63, 3.8) is 0 Å². The van der Waals surface area contributed by atoms with Crippen LogP contribution in [-0.4, -0.2) is 37.2 Å². The van der Waals surface area contributed by atoms with Crippen LogP contribution in [0.15, 0.2) is 24.5 Å². The molecule has 1 N–H and O–H groups in total. The summed E-state index contributed by atoms with van der Waals surface area (Å²) >= 11 is 5.78. The maximum Gasteiger partial charge on any atom is 0.213 e. The van der Waals surface area contributed by atoms with E-state index in [1.807, 2.05) is 30.3 Å². The van der Waals surface area contributed by atoms with Crippen molar-refractivity contribution >= 4 is 32.9 Å². The summed E-state index contributed by atoms with van der Waals surface area (Å²) in [7, 11) is -1.21. The third-order valence-corrected chi connectivity index (χ3v) is 7.45. The van der Waals surface area contributed by atoms with Gasteiger partial charge in [0.2, 0.25) is 10.0 Å². The van der Waals surface area contributed by atoms with Gasteiger partial charge in [0.15, 0.2) is 0 Å². The summed E-state index contributed by atoms with van der Waals surface area (Å²) in [5.41, 5.74) is 0.998. The van der Waals surface area contributed by atoms with E-state index >= 15 is 0 Å². The number of hydrogen-bond donors (Lipinski definition) is 1. The van der Waals surface area contributed by atoms with Gasteiger partial charge in [-0.3, -0.25) is 4.98 Å². The Hall–Kier alpha value is -1.05. The van der Waals surface area contributed by atoms with Crippen LogP contribution in [0.25, 0.3) is 0 Å². The van der Waals surface area contributed by atoms with Gasteiger partial charge in [-0.25, -0.2) is 13.1 Å². The Bertz CT molecular complexity index is 662. The number of aromatic nitrogens is 1. The van der Waals surface area contributed by atoms with Crippen LogP contribution < -0.4 is 9.62 Å². The number of anilines is 1. The fourth-order valence-electron chi connectivity index (χ4n) is 3.36. The minimum atomic E-state index is -3.20. The first kappa shape index (κ1) is 20.3. The van der Waals surface area contributed by atoms with E-state index in [1.165, 1.54) is 12.8 Å². The lowest BCUT2D eigenvalue weighted by atomic mass is 9.77. The van der Waals surface area contributed by atoms with E-state index in [4.69, 9.17) is 12.2 Å². The van der Waals surface area contributed by atoms with Crippen LogP contribution in [0.5, 0.6) is 0 Å². The zero-order valence-corrected chi connectivity index (χ0v) is 16.9. The number of pyridine rings is 1. The summed E-state index contributed by atoms with van der Waals surface area (Å²) in [5, 5.41) is -0.396. The molecule has 0 aliphatic heterocycles. The van der Waals surface area contributed by atoms with E-state index in [9.17, 15) is 8.42 Å². The van der Waals surface area contributed by atoms with E-state index in [-0.39, 0.29) is 0 Å². The smallest absolute Gasteiger partial charge is 0.213 e. The molecule has 1 aromatic rings. The standard InChI is InChI=1S/C18H29N3O2S2/c1-14(2)25(22,23)20-12-10-15-7-4-5-9-17(15)18(24)21(3)16-8-6-11-19-13-16/h6,8,11,13-15,17,20H,4-5,7,9-10,12H2,1-3H3/t15-,17+/m0/s1. The summed E-state index contributed by atoms with van der Waals surface area (Å²) in [4.78, 5) is 7.15. The molecular weight excluding hydrogens is 354 g/mol. The Balaban J connectivity index is 1.99. The van der Waals surface area contributed by atoms with Crippen LogP contribution in [0.2, 0.25) is 0 Å². The van der Waals surface area contributed by atoms with Crippen LogP contribution >= 0.6 is 12.2 Å². The lowest BCUT2D eigenvalue weighted by Crippen LogP contribution is -2.39. The second kappa shape index (κ2) is 9.05. The molecule has 2 atom stereocenters. The predicted octanol–water partition coefficient (Wildman–Crippen LogP) is 3.37. The van der Waals surface area contributed by atoms with Gasteiger partial charge < -0.3 is 4.90 Å². The van der Waals surface area contributed by atoms with Crippen molar-refractivity contribution in [1.82, 2.24) is 9.71 Å². The molecule has 7 heteroatoms. The van der Waals surface area contributed by atoms with Crippen LogP contribution in [0.1, 0.15) is 46.0 Å². The minimum absolute atomic E-state index is 0.317. The second-order valence-corrected chi connectivity index (χ2v) is 9.78. The first-order chi connectivity index (χ1) is 11.8. The number of nitrogens with zero attached hydrogens (tertiary/aromatic N) is 2. The van der Waals surface area contributed by atoms with E-state index in [0.29, 0.717) is 18.4 Å². The molecule has 0 aromatic carbocycles. The van der Waals surface area contributed by atoms with Gasteiger partial charge in [0.25, 0.3) is 0 Å². The van der Waals surface area contributed by atoms with Crippen LogP contribution in [0.4, 0.5) is 5.69 Å². The van der Waals surface area contributed by atoms with E-state index < -0.39 is 15.3 Å². The zero-order valence-electron chi connectivity index (χ0n) is 15.3. The number of nitrogens with one attached hydrogen (secondary N) is 1. The molecule has 0 saturated heterocycles. The fourth-order valence-corrected chi connectivity index (χ4v) is 4.51. The average molecular weight is 384 g/mol. The normalized spacial score (nSPS) is 21.3. The summed E-state index contributed by atoms with van der Waals surface area (Å²) < 4.78 is 26.6. The maximum absolute atomic E-state index is 11.9. The molecule has 25 heavy (non-hydrogen) atoms. The highest BCUT2D eigenvalue weighted by molar-refractivity contribution is 7.90. The number of thiocarbonyl (C=S) groups is 1. The molecule has 1 aliphatic rings. The highest BCUT2D eigenvalue weighted by Gasteiger charge is 2.30. The molecule has 1 aromatic heterocycles.